The van der Waals surface area contributed by atoms with E-state index < -0.39 is 0 Å². The zero-order valence-corrected chi connectivity index (χ0v) is 11.0. The molecule has 0 N–H and O–H groups in total. The molecule has 1 unspecified atom stereocenters. The summed E-state index contributed by atoms with van der Waals surface area (Å²) in [7, 11) is 0. The van der Waals surface area contributed by atoms with Crippen LogP contribution in [0.15, 0.2) is 53.5 Å². The SMILES string of the molecule is Cc1ccc2c(c1)C(c1ccccc1)CC(Cl)=N2. The van der Waals surface area contributed by atoms with Crippen LogP contribution < -0.4 is 0 Å². The molecule has 0 spiro atoms. The fourth-order valence-electron chi connectivity index (χ4n) is 2.49. The average Bonchev–Trinajstić information content (AvgIpc) is 2.39. The number of hydrogen-bond acceptors (Lipinski definition) is 1. The summed E-state index contributed by atoms with van der Waals surface area (Å²) in [5.74, 6) is 0.325. The lowest BCUT2D eigenvalue weighted by atomic mass is 9.85. The third-order valence-corrected chi connectivity index (χ3v) is 3.61. The van der Waals surface area contributed by atoms with Crippen molar-refractivity contribution in [1.29, 1.82) is 0 Å². The molecular formula is C16H14ClN. The lowest BCUT2D eigenvalue weighted by Gasteiger charge is -2.23. The second kappa shape index (κ2) is 4.58. The van der Waals surface area contributed by atoms with E-state index in [0.29, 0.717) is 11.1 Å². The Morgan fingerprint density at radius 1 is 1.11 bits per heavy atom. The first-order chi connectivity index (χ1) is 8.74. The van der Waals surface area contributed by atoms with Crippen LogP contribution in [0.2, 0.25) is 0 Å². The van der Waals surface area contributed by atoms with E-state index in [0.717, 1.165) is 12.1 Å². The van der Waals surface area contributed by atoms with Gasteiger partial charge in [0.05, 0.1) is 5.69 Å². The quantitative estimate of drug-likeness (QED) is 0.694. The van der Waals surface area contributed by atoms with Gasteiger partial charge in [-0.25, -0.2) is 4.99 Å². The average molecular weight is 256 g/mol. The van der Waals surface area contributed by atoms with Crippen LogP contribution in [-0.2, 0) is 0 Å². The maximum atomic E-state index is 6.18. The lowest BCUT2D eigenvalue weighted by Crippen LogP contribution is -2.09. The lowest BCUT2D eigenvalue weighted by molar-refractivity contribution is 0.846. The molecule has 0 saturated carbocycles. The van der Waals surface area contributed by atoms with Gasteiger partial charge in [0.25, 0.3) is 0 Å². The Morgan fingerprint density at radius 2 is 1.89 bits per heavy atom. The third-order valence-electron chi connectivity index (χ3n) is 3.37. The molecule has 2 aromatic rings. The van der Waals surface area contributed by atoms with Gasteiger partial charge in [0.1, 0.15) is 5.17 Å². The van der Waals surface area contributed by atoms with Crippen molar-refractivity contribution in [3.8, 4) is 0 Å². The van der Waals surface area contributed by atoms with Crippen LogP contribution >= 0.6 is 11.6 Å². The van der Waals surface area contributed by atoms with E-state index in [4.69, 9.17) is 11.6 Å². The predicted octanol–water partition coefficient (Wildman–Crippen LogP) is 4.80. The number of nitrogens with zero attached hydrogens (tertiary/aromatic N) is 1. The highest BCUT2D eigenvalue weighted by Crippen LogP contribution is 2.39. The summed E-state index contributed by atoms with van der Waals surface area (Å²) in [6.07, 6.45) is 0.794. The Kier molecular flexibility index (Phi) is 2.92. The van der Waals surface area contributed by atoms with Gasteiger partial charge in [-0.15, -0.1) is 0 Å². The van der Waals surface area contributed by atoms with Crippen molar-refractivity contribution in [3.63, 3.8) is 0 Å². The summed E-state index contributed by atoms with van der Waals surface area (Å²) in [6.45, 7) is 2.11. The monoisotopic (exact) mass is 255 g/mol. The summed E-state index contributed by atoms with van der Waals surface area (Å²) in [6, 6.07) is 16.9. The van der Waals surface area contributed by atoms with Gasteiger partial charge in [0, 0.05) is 12.3 Å². The third kappa shape index (κ3) is 2.06. The zero-order chi connectivity index (χ0) is 12.5. The van der Waals surface area contributed by atoms with Gasteiger partial charge in [0.2, 0.25) is 0 Å². The number of aliphatic imine (C=N–C) groups is 1. The number of benzene rings is 2. The van der Waals surface area contributed by atoms with Crippen LogP contribution in [0.1, 0.15) is 29.0 Å². The van der Waals surface area contributed by atoms with Gasteiger partial charge in [0.15, 0.2) is 0 Å². The van der Waals surface area contributed by atoms with Crippen LogP contribution in [0, 0.1) is 6.92 Å². The van der Waals surface area contributed by atoms with E-state index in [1.165, 1.54) is 16.7 Å². The molecule has 3 rings (SSSR count). The van der Waals surface area contributed by atoms with E-state index in [1.807, 2.05) is 6.07 Å². The minimum atomic E-state index is 0.325. The van der Waals surface area contributed by atoms with Crippen molar-refractivity contribution in [2.24, 2.45) is 4.99 Å². The fourth-order valence-corrected chi connectivity index (χ4v) is 2.74. The van der Waals surface area contributed by atoms with E-state index in [-0.39, 0.29) is 0 Å². The zero-order valence-electron chi connectivity index (χ0n) is 10.2. The van der Waals surface area contributed by atoms with E-state index in [9.17, 15) is 0 Å². The molecule has 1 heterocycles. The van der Waals surface area contributed by atoms with Gasteiger partial charge in [-0.3, -0.25) is 0 Å². The largest absolute Gasteiger partial charge is 0.241 e. The number of aryl methyl sites for hydroxylation is 1. The van der Waals surface area contributed by atoms with E-state index in [1.54, 1.807) is 0 Å². The van der Waals surface area contributed by atoms with Crippen molar-refractivity contribution in [3.05, 3.63) is 65.2 Å². The first-order valence-electron chi connectivity index (χ1n) is 6.12. The van der Waals surface area contributed by atoms with Crippen LogP contribution in [0.5, 0.6) is 0 Å². The molecule has 90 valence electrons. The first kappa shape index (κ1) is 11.5. The number of fused-ring (bicyclic) bond motifs is 1. The number of hydrogen-bond donors (Lipinski definition) is 0. The molecule has 1 aliphatic rings. The Hall–Kier alpha value is -1.60. The summed E-state index contributed by atoms with van der Waals surface area (Å²) >= 11 is 6.18. The molecule has 0 saturated heterocycles. The molecule has 18 heavy (non-hydrogen) atoms. The highest BCUT2D eigenvalue weighted by Gasteiger charge is 2.23. The molecule has 1 aliphatic heterocycles. The first-order valence-corrected chi connectivity index (χ1v) is 6.50. The summed E-state index contributed by atoms with van der Waals surface area (Å²) in [4.78, 5) is 4.44. The minimum absolute atomic E-state index is 0.325. The van der Waals surface area contributed by atoms with Crippen molar-refractivity contribution in [2.45, 2.75) is 19.3 Å². The molecule has 0 amide bonds. The molecule has 0 bridgehead atoms. The molecule has 0 aliphatic carbocycles. The second-order valence-electron chi connectivity index (χ2n) is 4.72. The Morgan fingerprint density at radius 3 is 2.67 bits per heavy atom. The molecule has 0 fully saturated rings. The van der Waals surface area contributed by atoms with Crippen molar-refractivity contribution >= 4 is 22.5 Å². The van der Waals surface area contributed by atoms with Gasteiger partial charge in [-0.05, 0) is 24.1 Å². The van der Waals surface area contributed by atoms with E-state index >= 15 is 0 Å². The predicted molar refractivity (Wildman–Crippen MR) is 77.0 cm³/mol. The van der Waals surface area contributed by atoms with Crippen molar-refractivity contribution in [2.75, 3.05) is 0 Å². The van der Waals surface area contributed by atoms with Crippen LogP contribution in [-0.4, -0.2) is 5.17 Å². The summed E-state index contributed by atoms with van der Waals surface area (Å²) in [5.41, 5.74) is 4.86. The van der Waals surface area contributed by atoms with Crippen molar-refractivity contribution in [1.82, 2.24) is 0 Å². The molecule has 2 aromatic carbocycles. The highest BCUT2D eigenvalue weighted by atomic mass is 35.5. The maximum Gasteiger partial charge on any atom is 0.107 e. The molecule has 1 nitrogen and oxygen atoms in total. The van der Waals surface area contributed by atoms with Crippen LogP contribution in [0.4, 0.5) is 5.69 Å². The minimum Gasteiger partial charge on any atom is -0.241 e. The normalized spacial score (nSPS) is 18.1. The Labute approximate surface area is 112 Å². The van der Waals surface area contributed by atoms with Gasteiger partial charge < -0.3 is 0 Å². The van der Waals surface area contributed by atoms with Crippen LogP contribution in [0.25, 0.3) is 0 Å². The number of rotatable bonds is 1. The van der Waals surface area contributed by atoms with Crippen molar-refractivity contribution < 1.29 is 0 Å². The second-order valence-corrected chi connectivity index (χ2v) is 5.15. The maximum absolute atomic E-state index is 6.18. The molecule has 1 atom stereocenters. The molecule has 2 heteroatoms. The highest BCUT2D eigenvalue weighted by molar-refractivity contribution is 6.65. The molecule has 0 aromatic heterocycles. The molecule has 0 radical (unpaired) electrons. The van der Waals surface area contributed by atoms with Gasteiger partial charge >= 0.3 is 0 Å². The summed E-state index contributed by atoms with van der Waals surface area (Å²) in [5, 5.41) is 0.695. The smallest absolute Gasteiger partial charge is 0.107 e. The topological polar surface area (TPSA) is 12.4 Å². The summed E-state index contributed by atoms with van der Waals surface area (Å²) < 4.78 is 0. The van der Waals surface area contributed by atoms with Gasteiger partial charge in [-0.1, -0.05) is 59.6 Å². The molecular weight excluding hydrogens is 242 g/mol. The Balaban J connectivity index is 2.14. The van der Waals surface area contributed by atoms with E-state index in [2.05, 4.69) is 54.4 Å². The van der Waals surface area contributed by atoms with Crippen LogP contribution in [0.3, 0.4) is 0 Å². The number of halogens is 1. The standard InChI is InChI=1S/C16H14ClN/c1-11-7-8-15-14(9-11)13(10-16(17)18-15)12-5-3-2-4-6-12/h2-9,13H,10H2,1H3. The van der Waals surface area contributed by atoms with Gasteiger partial charge in [-0.2, -0.15) is 0 Å². The fraction of sp³-hybridized carbons (Fsp3) is 0.188. The Bertz CT molecular complexity index is 602.